The van der Waals surface area contributed by atoms with Crippen molar-refractivity contribution in [2.45, 2.75) is 32.6 Å². The van der Waals surface area contributed by atoms with Crippen LogP contribution < -0.4 is 10.2 Å². The van der Waals surface area contributed by atoms with Crippen molar-refractivity contribution in [3.8, 4) is 0 Å². The zero-order chi connectivity index (χ0) is 17.1. The number of carbonyl (C=O) groups is 2. The number of nitrogens with one attached hydrogen (secondary N) is 1. The molecule has 1 N–H and O–H groups in total. The van der Waals surface area contributed by atoms with Crippen molar-refractivity contribution in [1.82, 2.24) is 20.5 Å². The Kier molecular flexibility index (Phi) is 5.20. The highest BCUT2D eigenvalue weighted by Crippen LogP contribution is 2.30. The fraction of sp³-hybridized carbons (Fsp3) is 0.533. The first-order chi connectivity index (χ1) is 11.5. The van der Waals surface area contributed by atoms with E-state index in [0.717, 1.165) is 10.7 Å². The maximum Gasteiger partial charge on any atom is 0.229 e. The highest BCUT2D eigenvalue weighted by atomic mass is 32.1. The molecule has 128 valence electrons. The van der Waals surface area contributed by atoms with Crippen molar-refractivity contribution >= 4 is 39.6 Å². The smallest absolute Gasteiger partial charge is 0.229 e. The number of hydrogen-bond acceptors (Lipinski definition) is 7. The Hall–Kier alpha value is -1.87. The predicted octanol–water partition coefficient (Wildman–Crippen LogP) is 1.83. The fourth-order valence-electron chi connectivity index (χ4n) is 2.46. The maximum absolute atomic E-state index is 12.3. The largest absolute Gasteiger partial charge is 0.355 e. The van der Waals surface area contributed by atoms with Crippen LogP contribution in [0.3, 0.4) is 0 Å². The Morgan fingerprint density at radius 3 is 2.96 bits per heavy atom. The summed E-state index contributed by atoms with van der Waals surface area (Å²) < 4.78 is 0. The number of anilines is 1. The molecular weight excluding hydrogens is 346 g/mol. The molecule has 24 heavy (non-hydrogen) atoms. The summed E-state index contributed by atoms with van der Waals surface area (Å²) in [5.41, 5.74) is 2.75. The summed E-state index contributed by atoms with van der Waals surface area (Å²) >= 11 is 2.95. The highest BCUT2D eigenvalue weighted by Gasteiger charge is 2.36. The Balaban J connectivity index is 1.54. The van der Waals surface area contributed by atoms with Gasteiger partial charge in [0.05, 0.1) is 17.1 Å². The standard InChI is InChI=1S/C15H19N5O2S2/c1-9(2)14-18-19-15(24-14)20-6-10(5-12(20)21)13(22)16-4-3-11-7-23-8-17-11/h7-10H,3-6H2,1-2H3,(H,16,22). The quantitative estimate of drug-likeness (QED) is 0.844. The van der Waals surface area contributed by atoms with E-state index in [9.17, 15) is 9.59 Å². The molecule has 2 aromatic rings. The molecule has 9 heteroatoms. The summed E-state index contributed by atoms with van der Waals surface area (Å²) in [6, 6.07) is 0. The first-order valence-corrected chi connectivity index (χ1v) is 9.59. The van der Waals surface area contributed by atoms with Crippen molar-refractivity contribution in [3.05, 3.63) is 21.6 Å². The molecule has 2 aromatic heterocycles. The van der Waals surface area contributed by atoms with Gasteiger partial charge >= 0.3 is 0 Å². The molecule has 3 rings (SSSR count). The van der Waals surface area contributed by atoms with Crippen LogP contribution in [0.1, 0.15) is 36.9 Å². The van der Waals surface area contributed by atoms with Gasteiger partial charge in [0.25, 0.3) is 0 Å². The molecule has 1 atom stereocenters. The van der Waals surface area contributed by atoms with Gasteiger partial charge in [-0.2, -0.15) is 0 Å². The van der Waals surface area contributed by atoms with E-state index in [-0.39, 0.29) is 30.1 Å². The second kappa shape index (κ2) is 7.35. The number of aromatic nitrogens is 3. The lowest BCUT2D eigenvalue weighted by molar-refractivity contribution is -0.126. The Morgan fingerprint density at radius 1 is 1.46 bits per heavy atom. The minimum Gasteiger partial charge on any atom is -0.355 e. The third-order valence-electron chi connectivity index (χ3n) is 3.81. The van der Waals surface area contributed by atoms with E-state index < -0.39 is 0 Å². The number of thiazole rings is 1. The molecule has 2 amide bonds. The zero-order valence-electron chi connectivity index (χ0n) is 13.6. The third-order valence-corrected chi connectivity index (χ3v) is 5.70. The second-order valence-corrected chi connectivity index (χ2v) is 7.71. The molecule has 3 heterocycles. The van der Waals surface area contributed by atoms with Crippen LogP contribution >= 0.6 is 22.7 Å². The number of amides is 2. The first kappa shape index (κ1) is 17.0. The van der Waals surface area contributed by atoms with Crippen molar-refractivity contribution < 1.29 is 9.59 Å². The summed E-state index contributed by atoms with van der Waals surface area (Å²) in [4.78, 5) is 30.2. The second-order valence-electron chi connectivity index (χ2n) is 6.00. The summed E-state index contributed by atoms with van der Waals surface area (Å²) in [7, 11) is 0. The summed E-state index contributed by atoms with van der Waals surface area (Å²) in [5, 5.41) is 14.5. The summed E-state index contributed by atoms with van der Waals surface area (Å²) in [6.45, 7) is 4.97. The van der Waals surface area contributed by atoms with Crippen LogP contribution in [0.5, 0.6) is 0 Å². The van der Waals surface area contributed by atoms with Crippen molar-refractivity contribution in [2.75, 3.05) is 18.0 Å². The first-order valence-electron chi connectivity index (χ1n) is 7.83. The highest BCUT2D eigenvalue weighted by molar-refractivity contribution is 7.15. The van der Waals surface area contributed by atoms with Gasteiger partial charge in [-0.1, -0.05) is 25.2 Å². The van der Waals surface area contributed by atoms with E-state index in [0.29, 0.717) is 24.6 Å². The Labute approximate surface area is 148 Å². The van der Waals surface area contributed by atoms with Crippen LogP contribution in [-0.4, -0.2) is 40.1 Å². The minimum absolute atomic E-state index is 0.0684. The van der Waals surface area contributed by atoms with Gasteiger partial charge in [-0.05, 0) is 0 Å². The van der Waals surface area contributed by atoms with E-state index in [4.69, 9.17) is 0 Å². The molecule has 7 nitrogen and oxygen atoms in total. The molecule has 0 aliphatic carbocycles. The molecule has 0 radical (unpaired) electrons. The molecule has 1 fully saturated rings. The van der Waals surface area contributed by atoms with Gasteiger partial charge in [0, 0.05) is 37.2 Å². The van der Waals surface area contributed by atoms with E-state index in [1.807, 2.05) is 19.2 Å². The van der Waals surface area contributed by atoms with Crippen LogP contribution in [-0.2, 0) is 16.0 Å². The summed E-state index contributed by atoms with van der Waals surface area (Å²) in [6.07, 6.45) is 0.924. The minimum atomic E-state index is -0.334. The number of hydrogen-bond donors (Lipinski definition) is 1. The Bertz CT molecular complexity index is 713. The zero-order valence-corrected chi connectivity index (χ0v) is 15.2. The molecule has 0 spiro atoms. The van der Waals surface area contributed by atoms with E-state index >= 15 is 0 Å². The monoisotopic (exact) mass is 365 g/mol. The van der Waals surface area contributed by atoms with Gasteiger partial charge in [-0.3, -0.25) is 14.5 Å². The molecule has 1 unspecified atom stereocenters. The number of rotatable bonds is 6. The average molecular weight is 365 g/mol. The van der Waals surface area contributed by atoms with Gasteiger partial charge in [-0.15, -0.1) is 21.5 Å². The van der Waals surface area contributed by atoms with Crippen LogP contribution in [0.25, 0.3) is 0 Å². The number of carbonyl (C=O) groups excluding carboxylic acids is 2. The van der Waals surface area contributed by atoms with Crippen LogP contribution in [0.4, 0.5) is 5.13 Å². The van der Waals surface area contributed by atoms with Gasteiger partial charge in [0.15, 0.2) is 0 Å². The van der Waals surface area contributed by atoms with Crippen molar-refractivity contribution in [1.29, 1.82) is 0 Å². The molecule has 0 aromatic carbocycles. The lowest BCUT2D eigenvalue weighted by Gasteiger charge is -2.12. The van der Waals surface area contributed by atoms with Gasteiger partial charge in [0.2, 0.25) is 16.9 Å². The lowest BCUT2D eigenvalue weighted by Crippen LogP contribution is -2.34. The average Bonchev–Trinajstić information content (AvgIpc) is 3.26. The van der Waals surface area contributed by atoms with E-state index in [1.165, 1.54) is 22.7 Å². The molecule has 1 aliphatic rings. The van der Waals surface area contributed by atoms with Gasteiger partial charge in [0.1, 0.15) is 5.01 Å². The van der Waals surface area contributed by atoms with Crippen LogP contribution in [0, 0.1) is 5.92 Å². The lowest BCUT2D eigenvalue weighted by atomic mass is 10.1. The van der Waals surface area contributed by atoms with E-state index in [2.05, 4.69) is 20.5 Å². The molecule has 0 bridgehead atoms. The maximum atomic E-state index is 12.3. The van der Waals surface area contributed by atoms with Crippen molar-refractivity contribution in [3.63, 3.8) is 0 Å². The third kappa shape index (κ3) is 3.78. The van der Waals surface area contributed by atoms with Gasteiger partial charge < -0.3 is 5.32 Å². The number of nitrogens with zero attached hydrogens (tertiary/aromatic N) is 4. The fourth-order valence-corrected chi connectivity index (χ4v) is 3.92. The Morgan fingerprint density at radius 2 is 2.29 bits per heavy atom. The van der Waals surface area contributed by atoms with Crippen molar-refractivity contribution in [2.24, 2.45) is 5.92 Å². The molecule has 0 saturated carbocycles. The van der Waals surface area contributed by atoms with Crippen LogP contribution in [0.15, 0.2) is 10.9 Å². The topological polar surface area (TPSA) is 88.1 Å². The normalized spacial score (nSPS) is 17.7. The van der Waals surface area contributed by atoms with E-state index in [1.54, 1.807) is 10.4 Å². The van der Waals surface area contributed by atoms with Crippen LogP contribution in [0.2, 0.25) is 0 Å². The summed E-state index contributed by atoms with van der Waals surface area (Å²) in [5.74, 6) is -0.214. The molecule has 1 saturated heterocycles. The molecular formula is C15H19N5O2S2. The van der Waals surface area contributed by atoms with Gasteiger partial charge in [-0.25, -0.2) is 4.98 Å². The predicted molar refractivity (Wildman–Crippen MR) is 93.3 cm³/mol. The SMILES string of the molecule is CC(C)c1nnc(N2CC(C(=O)NCCc3cscn3)CC2=O)s1. The molecule has 1 aliphatic heterocycles.